The molecule has 0 bridgehead atoms. The summed E-state index contributed by atoms with van der Waals surface area (Å²) < 4.78 is 0. The van der Waals surface area contributed by atoms with Gasteiger partial charge in [-0.3, -0.25) is 4.98 Å². The standard InChI is InChI=1S/C10H14N2/c1-9-4-5-11-8-10(9)12-6-2-3-7-12/h4-5,8H,2-3,6-7H2,1H3. The summed E-state index contributed by atoms with van der Waals surface area (Å²) in [6, 6.07) is 2.08. The van der Waals surface area contributed by atoms with Crippen LogP contribution in [0.2, 0.25) is 0 Å². The fraction of sp³-hybridized carbons (Fsp3) is 0.500. The van der Waals surface area contributed by atoms with E-state index in [1.165, 1.54) is 37.2 Å². The minimum absolute atomic E-state index is 1.20. The van der Waals surface area contributed by atoms with Gasteiger partial charge in [0.1, 0.15) is 0 Å². The summed E-state index contributed by atoms with van der Waals surface area (Å²) in [5, 5.41) is 0. The van der Waals surface area contributed by atoms with Gasteiger partial charge in [-0.1, -0.05) is 0 Å². The van der Waals surface area contributed by atoms with E-state index in [-0.39, 0.29) is 0 Å². The van der Waals surface area contributed by atoms with Crippen molar-refractivity contribution in [1.82, 2.24) is 4.98 Å². The normalized spacial score (nSPS) is 16.9. The van der Waals surface area contributed by atoms with Gasteiger partial charge in [-0.2, -0.15) is 0 Å². The van der Waals surface area contributed by atoms with E-state index in [1.807, 2.05) is 12.4 Å². The summed E-state index contributed by atoms with van der Waals surface area (Å²) in [5.74, 6) is 0. The number of anilines is 1. The first-order valence-corrected chi connectivity index (χ1v) is 4.53. The van der Waals surface area contributed by atoms with Crippen molar-refractivity contribution in [2.45, 2.75) is 19.8 Å². The van der Waals surface area contributed by atoms with Crippen LogP contribution in [-0.4, -0.2) is 18.1 Å². The van der Waals surface area contributed by atoms with E-state index in [0.29, 0.717) is 0 Å². The lowest BCUT2D eigenvalue weighted by molar-refractivity contribution is 0.949. The highest BCUT2D eigenvalue weighted by atomic mass is 15.1. The molecule has 1 saturated heterocycles. The van der Waals surface area contributed by atoms with Crippen molar-refractivity contribution in [2.75, 3.05) is 18.0 Å². The first kappa shape index (κ1) is 7.59. The minimum atomic E-state index is 1.20. The van der Waals surface area contributed by atoms with Gasteiger partial charge in [0.05, 0.1) is 11.9 Å². The molecule has 0 saturated carbocycles. The number of rotatable bonds is 1. The second-order valence-corrected chi connectivity index (χ2v) is 3.36. The molecule has 0 unspecified atom stereocenters. The van der Waals surface area contributed by atoms with Crippen molar-refractivity contribution < 1.29 is 0 Å². The van der Waals surface area contributed by atoms with Gasteiger partial charge in [-0.05, 0) is 31.4 Å². The third-order valence-electron chi connectivity index (χ3n) is 2.46. The molecule has 1 fully saturated rings. The SMILES string of the molecule is Cc1ccncc1N1CCCC1. The van der Waals surface area contributed by atoms with Crippen molar-refractivity contribution in [2.24, 2.45) is 0 Å². The van der Waals surface area contributed by atoms with Crippen LogP contribution in [0.25, 0.3) is 0 Å². The molecule has 1 aliphatic rings. The van der Waals surface area contributed by atoms with E-state index in [4.69, 9.17) is 0 Å². The van der Waals surface area contributed by atoms with E-state index in [0.717, 1.165) is 0 Å². The predicted molar refractivity (Wildman–Crippen MR) is 50.4 cm³/mol. The van der Waals surface area contributed by atoms with Gasteiger partial charge in [0.2, 0.25) is 0 Å². The maximum absolute atomic E-state index is 4.15. The summed E-state index contributed by atoms with van der Waals surface area (Å²) in [7, 11) is 0. The highest BCUT2D eigenvalue weighted by Gasteiger charge is 2.13. The molecule has 1 aromatic rings. The van der Waals surface area contributed by atoms with E-state index in [2.05, 4.69) is 22.9 Å². The molecule has 1 aromatic heterocycles. The molecule has 1 aliphatic heterocycles. The lowest BCUT2D eigenvalue weighted by Crippen LogP contribution is -2.18. The van der Waals surface area contributed by atoms with Crippen LogP contribution in [0.3, 0.4) is 0 Å². The van der Waals surface area contributed by atoms with E-state index in [1.54, 1.807) is 0 Å². The molecule has 0 spiro atoms. The smallest absolute Gasteiger partial charge is 0.0582 e. The number of aryl methyl sites for hydroxylation is 1. The molecule has 0 aliphatic carbocycles. The first-order chi connectivity index (χ1) is 5.88. The van der Waals surface area contributed by atoms with Crippen LogP contribution in [0.15, 0.2) is 18.5 Å². The summed E-state index contributed by atoms with van der Waals surface area (Å²) >= 11 is 0. The topological polar surface area (TPSA) is 16.1 Å². The van der Waals surface area contributed by atoms with Crippen molar-refractivity contribution >= 4 is 5.69 Å². The zero-order chi connectivity index (χ0) is 8.39. The Morgan fingerprint density at radius 1 is 1.33 bits per heavy atom. The highest BCUT2D eigenvalue weighted by Crippen LogP contribution is 2.22. The van der Waals surface area contributed by atoms with E-state index >= 15 is 0 Å². The Balaban J connectivity index is 2.26. The summed E-state index contributed by atoms with van der Waals surface area (Å²) in [6.07, 6.45) is 6.48. The average molecular weight is 162 g/mol. The Morgan fingerprint density at radius 3 is 2.75 bits per heavy atom. The van der Waals surface area contributed by atoms with Gasteiger partial charge in [0.15, 0.2) is 0 Å². The van der Waals surface area contributed by atoms with Gasteiger partial charge >= 0.3 is 0 Å². The second kappa shape index (κ2) is 3.13. The molecule has 2 heterocycles. The quantitative estimate of drug-likeness (QED) is 0.627. The number of pyridine rings is 1. The Morgan fingerprint density at radius 2 is 2.08 bits per heavy atom. The van der Waals surface area contributed by atoms with Crippen LogP contribution in [0.5, 0.6) is 0 Å². The van der Waals surface area contributed by atoms with Crippen LogP contribution < -0.4 is 4.90 Å². The largest absolute Gasteiger partial charge is 0.370 e. The molecule has 12 heavy (non-hydrogen) atoms. The van der Waals surface area contributed by atoms with Crippen LogP contribution >= 0.6 is 0 Å². The monoisotopic (exact) mass is 162 g/mol. The molecule has 0 N–H and O–H groups in total. The highest BCUT2D eigenvalue weighted by molar-refractivity contribution is 5.51. The summed E-state index contributed by atoms with van der Waals surface area (Å²) in [5.41, 5.74) is 2.65. The minimum Gasteiger partial charge on any atom is -0.370 e. The third-order valence-corrected chi connectivity index (χ3v) is 2.46. The van der Waals surface area contributed by atoms with Crippen LogP contribution in [0.4, 0.5) is 5.69 Å². The summed E-state index contributed by atoms with van der Waals surface area (Å²) in [6.45, 7) is 4.55. The zero-order valence-corrected chi connectivity index (χ0v) is 7.45. The van der Waals surface area contributed by atoms with Gasteiger partial charge in [-0.25, -0.2) is 0 Å². The molecule has 0 radical (unpaired) electrons. The van der Waals surface area contributed by atoms with Crippen molar-refractivity contribution in [3.05, 3.63) is 24.0 Å². The molecule has 2 heteroatoms. The molecule has 0 aromatic carbocycles. The molecular weight excluding hydrogens is 148 g/mol. The fourth-order valence-electron chi connectivity index (χ4n) is 1.74. The molecule has 0 amide bonds. The number of nitrogens with zero attached hydrogens (tertiary/aromatic N) is 2. The first-order valence-electron chi connectivity index (χ1n) is 4.53. The maximum atomic E-state index is 4.15. The second-order valence-electron chi connectivity index (χ2n) is 3.36. The zero-order valence-electron chi connectivity index (χ0n) is 7.45. The van der Waals surface area contributed by atoms with Crippen molar-refractivity contribution in [1.29, 1.82) is 0 Å². The van der Waals surface area contributed by atoms with Crippen LogP contribution in [0, 0.1) is 6.92 Å². The Kier molecular flexibility index (Phi) is 1.98. The van der Waals surface area contributed by atoms with Gasteiger partial charge < -0.3 is 4.90 Å². The van der Waals surface area contributed by atoms with Gasteiger partial charge in [0.25, 0.3) is 0 Å². The van der Waals surface area contributed by atoms with E-state index < -0.39 is 0 Å². The summed E-state index contributed by atoms with van der Waals surface area (Å²) in [4.78, 5) is 6.57. The predicted octanol–water partition coefficient (Wildman–Crippen LogP) is 1.99. The van der Waals surface area contributed by atoms with Crippen molar-refractivity contribution in [3.63, 3.8) is 0 Å². The number of hydrogen-bond acceptors (Lipinski definition) is 2. The van der Waals surface area contributed by atoms with Gasteiger partial charge in [-0.15, -0.1) is 0 Å². The maximum Gasteiger partial charge on any atom is 0.0582 e. The number of aromatic nitrogens is 1. The molecule has 64 valence electrons. The Bertz CT molecular complexity index is 264. The molecular formula is C10H14N2. The molecule has 2 nitrogen and oxygen atoms in total. The molecule has 0 atom stereocenters. The molecule has 2 rings (SSSR count). The third kappa shape index (κ3) is 1.29. The number of hydrogen-bond donors (Lipinski definition) is 0. The van der Waals surface area contributed by atoms with Crippen molar-refractivity contribution in [3.8, 4) is 0 Å². The average Bonchev–Trinajstić information content (AvgIpc) is 2.57. The lowest BCUT2D eigenvalue weighted by Gasteiger charge is -2.18. The van der Waals surface area contributed by atoms with Crippen LogP contribution in [0.1, 0.15) is 18.4 Å². The van der Waals surface area contributed by atoms with Crippen LogP contribution in [-0.2, 0) is 0 Å². The lowest BCUT2D eigenvalue weighted by atomic mass is 10.2. The van der Waals surface area contributed by atoms with Gasteiger partial charge in [0, 0.05) is 19.3 Å². The Labute approximate surface area is 73.2 Å². The van der Waals surface area contributed by atoms with E-state index in [9.17, 15) is 0 Å². The Hall–Kier alpha value is -1.05. The fourth-order valence-corrected chi connectivity index (χ4v) is 1.74.